The van der Waals surface area contributed by atoms with Crippen molar-refractivity contribution in [1.82, 2.24) is 15.5 Å². The number of imide groups is 1. The predicted octanol–water partition coefficient (Wildman–Crippen LogP) is 0.423. The van der Waals surface area contributed by atoms with Gasteiger partial charge in [0, 0.05) is 47.5 Å². The second-order valence-electron chi connectivity index (χ2n) is 13.5. The third-order valence-corrected chi connectivity index (χ3v) is 12.9. The normalized spacial score (nSPS) is 21.1. The predicted molar refractivity (Wildman–Crippen MR) is 198 cm³/mol. The lowest BCUT2D eigenvalue weighted by Crippen LogP contribution is -2.41. The summed E-state index contributed by atoms with van der Waals surface area (Å²) in [5, 5.41) is 30.3. The largest absolute Gasteiger partial charge is 0.862 e. The van der Waals surface area contributed by atoms with E-state index in [9.17, 15) is 50.5 Å². The minimum atomic E-state index is -4.98. The molecule has 2 fully saturated rings. The number of thioether (sulfide) groups is 1. The SMILES string of the molecule is Nc1c(S(=O)(=O)O)cc2c3c(cc(S(=O)(=O)O)cc13)C(=O)N(CCCCCN=C([O-])C(N)CCCCN=C([O-])CCCC[C@@H]1SC[C@@H]3NC(=O)N[C@@H]31)C2=O. The van der Waals surface area contributed by atoms with E-state index < -0.39 is 59.5 Å². The van der Waals surface area contributed by atoms with Gasteiger partial charge in [-0.25, -0.2) is 4.79 Å². The van der Waals surface area contributed by atoms with Gasteiger partial charge < -0.3 is 42.3 Å². The van der Waals surface area contributed by atoms with Gasteiger partial charge in [-0.3, -0.25) is 23.6 Å². The molecule has 1 unspecified atom stereocenters. The van der Waals surface area contributed by atoms with E-state index in [4.69, 9.17) is 11.5 Å². The van der Waals surface area contributed by atoms with Crippen LogP contribution in [-0.2, 0) is 20.2 Å². The third-order valence-electron chi connectivity index (χ3n) is 9.64. The standard InChI is InChI=1S/C33H45N7O11S3/c34-22(8-4-6-11-36-26(41)10-3-2-9-24-29-23(17-52-24)38-33(45)39-29)30(42)37-12-5-1-7-13-40-31(43)20-15-18(53(46,47)48)14-19-27(20)21(32(40)44)16-25(28(19)35)54(49,50)51/h14-16,22-24,29H,1-13,17,34-35H2,(H,36,41)(H,37,42)(H2,38,39,45)(H,46,47,48)(H,49,50,51)/p-2/t22?,23-,24-,29-/m0/s1. The van der Waals surface area contributed by atoms with E-state index in [-0.39, 0.29) is 65.4 Å². The van der Waals surface area contributed by atoms with Gasteiger partial charge in [-0.15, -0.1) is 0 Å². The number of hydrogen-bond donors (Lipinski definition) is 6. The van der Waals surface area contributed by atoms with Crippen LogP contribution < -0.4 is 32.3 Å². The molecule has 3 heterocycles. The third kappa shape index (κ3) is 9.61. The molecule has 21 heteroatoms. The topological polar surface area (TPSA) is 310 Å². The van der Waals surface area contributed by atoms with Gasteiger partial charge in [0.05, 0.1) is 33.8 Å². The van der Waals surface area contributed by atoms with Crippen molar-refractivity contribution >= 4 is 78.1 Å². The van der Waals surface area contributed by atoms with Gasteiger partial charge in [0.25, 0.3) is 32.1 Å². The van der Waals surface area contributed by atoms with E-state index in [1.807, 2.05) is 11.8 Å². The summed E-state index contributed by atoms with van der Waals surface area (Å²) in [4.78, 5) is 45.5. The van der Waals surface area contributed by atoms with Crippen molar-refractivity contribution in [2.45, 2.75) is 97.4 Å². The summed E-state index contributed by atoms with van der Waals surface area (Å²) in [6.07, 6.45) is 5.53. The van der Waals surface area contributed by atoms with Crippen molar-refractivity contribution in [2.24, 2.45) is 15.7 Å². The maximum absolute atomic E-state index is 13.4. The molecule has 0 aliphatic carbocycles. The van der Waals surface area contributed by atoms with Crippen LogP contribution in [-0.4, -0.2) is 109 Å². The van der Waals surface area contributed by atoms with Crippen LogP contribution in [0.25, 0.3) is 10.8 Å². The number of benzene rings is 2. The molecule has 3 aliphatic heterocycles. The first-order chi connectivity index (χ1) is 25.5. The monoisotopic (exact) mass is 809 g/mol. The first-order valence-electron chi connectivity index (χ1n) is 17.5. The highest BCUT2D eigenvalue weighted by molar-refractivity contribution is 8.00. The first kappa shape index (κ1) is 41.1. The molecule has 4 atom stereocenters. The summed E-state index contributed by atoms with van der Waals surface area (Å²) in [7, 11) is -9.87. The summed E-state index contributed by atoms with van der Waals surface area (Å²) in [5.74, 6) is -1.52. The lowest BCUT2D eigenvalue weighted by Gasteiger charge is -2.28. The van der Waals surface area contributed by atoms with Crippen molar-refractivity contribution < 1.29 is 50.5 Å². The fourth-order valence-electron chi connectivity index (χ4n) is 6.83. The Labute approximate surface area is 316 Å². The van der Waals surface area contributed by atoms with Gasteiger partial charge in [-0.1, -0.05) is 6.42 Å². The van der Waals surface area contributed by atoms with E-state index in [1.54, 1.807) is 0 Å². The Morgan fingerprint density at radius 3 is 2.30 bits per heavy atom. The first-order valence-corrected chi connectivity index (χ1v) is 21.5. The molecule has 296 valence electrons. The zero-order valence-corrected chi connectivity index (χ0v) is 31.7. The summed E-state index contributed by atoms with van der Waals surface area (Å²) in [6.45, 7) is 0.332. The van der Waals surface area contributed by atoms with Crippen LogP contribution in [0.15, 0.2) is 38.0 Å². The molecule has 0 spiro atoms. The minimum Gasteiger partial charge on any atom is -0.862 e. The van der Waals surface area contributed by atoms with Gasteiger partial charge in [-0.05, 0) is 87.8 Å². The van der Waals surface area contributed by atoms with Crippen LogP contribution in [0.3, 0.4) is 0 Å². The number of carbonyl (C=O) groups excluding carboxylic acids is 3. The molecule has 2 saturated heterocycles. The van der Waals surface area contributed by atoms with Gasteiger partial charge in [0.15, 0.2) is 0 Å². The Hall–Kier alpha value is -4.02. The number of unbranched alkanes of at least 4 members (excludes halogenated alkanes) is 4. The number of urea groups is 1. The van der Waals surface area contributed by atoms with Crippen LogP contribution in [0.5, 0.6) is 0 Å². The average Bonchev–Trinajstić information content (AvgIpc) is 3.66. The number of fused-ring (bicyclic) bond motifs is 1. The smallest absolute Gasteiger partial charge is 0.315 e. The van der Waals surface area contributed by atoms with Crippen LogP contribution >= 0.6 is 11.8 Å². The molecule has 0 aromatic heterocycles. The molecule has 4 amide bonds. The number of nitrogen functional groups attached to an aromatic ring is 1. The summed E-state index contributed by atoms with van der Waals surface area (Å²) < 4.78 is 67.2. The fraction of sp³-hybridized carbons (Fsp3) is 0.545. The molecule has 2 aromatic rings. The molecule has 8 N–H and O–H groups in total. The molecule has 2 aromatic carbocycles. The number of nitrogens with zero attached hydrogens (tertiary/aromatic N) is 3. The number of nitrogens with one attached hydrogen (secondary N) is 2. The zero-order chi connectivity index (χ0) is 39.4. The molecule has 0 bridgehead atoms. The molecule has 54 heavy (non-hydrogen) atoms. The molecular weight excluding hydrogens is 767 g/mol. The summed E-state index contributed by atoms with van der Waals surface area (Å²) in [6, 6.07) is 1.91. The number of rotatable bonds is 19. The molecule has 18 nitrogen and oxygen atoms in total. The Kier molecular flexibility index (Phi) is 13.1. The zero-order valence-electron chi connectivity index (χ0n) is 29.2. The van der Waals surface area contributed by atoms with E-state index in [0.29, 0.717) is 50.3 Å². The Balaban J connectivity index is 1.02. The van der Waals surface area contributed by atoms with E-state index in [1.165, 1.54) is 0 Å². The van der Waals surface area contributed by atoms with Crippen LogP contribution in [0.2, 0.25) is 0 Å². The van der Waals surface area contributed by atoms with Crippen LogP contribution in [0.1, 0.15) is 84.9 Å². The number of carbonyl (C=O) groups is 3. The highest BCUT2D eigenvalue weighted by Gasteiger charge is 2.42. The highest BCUT2D eigenvalue weighted by atomic mass is 32.2. The van der Waals surface area contributed by atoms with Crippen molar-refractivity contribution in [1.29, 1.82) is 0 Å². The van der Waals surface area contributed by atoms with Gasteiger partial charge in [-0.2, -0.15) is 28.6 Å². The quantitative estimate of drug-likeness (QED) is 0.0213. The van der Waals surface area contributed by atoms with Gasteiger partial charge in [0.1, 0.15) is 4.90 Å². The van der Waals surface area contributed by atoms with Crippen LogP contribution in [0.4, 0.5) is 10.5 Å². The number of hydrogen-bond acceptors (Lipinski definition) is 14. The summed E-state index contributed by atoms with van der Waals surface area (Å²) in [5.41, 5.74) is 10.7. The number of nitrogens with two attached hydrogens (primary N) is 2. The Bertz CT molecular complexity index is 2050. The van der Waals surface area contributed by atoms with Crippen molar-refractivity contribution in [2.75, 3.05) is 31.1 Å². The number of anilines is 1. The van der Waals surface area contributed by atoms with Crippen molar-refractivity contribution in [3.8, 4) is 0 Å². The maximum Gasteiger partial charge on any atom is 0.315 e. The van der Waals surface area contributed by atoms with E-state index in [2.05, 4.69) is 20.6 Å². The molecule has 3 aliphatic rings. The fourth-order valence-corrected chi connectivity index (χ4v) is 9.56. The lowest BCUT2D eigenvalue weighted by atomic mass is 9.93. The molecule has 0 saturated carbocycles. The second kappa shape index (κ2) is 17.2. The lowest BCUT2D eigenvalue weighted by molar-refractivity contribution is -0.221. The number of amides is 4. The summed E-state index contributed by atoms with van der Waals surface area (Å²) >= 11 is 1.84. The van der Waals surface area contributed by atoms with Crippen LogP contribution in [0, 0.1) is 0 Å². The molecular formula is C33H43N7O11S3-2. The second-order valence-corrected chi connectivity index (χ2v) is 17.6. The highest BCUT2D eigenvalue weighted by Crippen LogP contribution is 2.39. The Morgan fingerprint density at radius 2 is 1.59 bits per heavy atom. The maximum atomic E-state index is 13.4. The minimum absolute atomic E-state index is 0.114. The average molecular weight is 810 g/mol. The van der Waals surface area contributed by atoms with E-state index in [0.717, 1.165) is 48.1 Å². The van der Waals surface area contributed by atoms with Crippen molar-refractivity contribution in [3.63, 3.8) is 0 Å². The molecule has 0 radical (unpaired) electrons. The molecule has 5 rings (SSSR count). The van der Waals surface area contributed by atoms with Gasteiger partial charge in [0.2, 0.25) is 0 Å². The van der Waals surface area contributed by atoms with Gasteiger partial charge >= 0.3 is 6.03 Å². The van der Waals surface area contributed by atoms with E-state index >= 15 is 0 Å². The Morgan fingerprint density at radius 1 is 0.907 bits per heavy atom. The number of aliphatic imine (C=N–C) groups is 2. The van der Waals surface area contributed by atoms with Crippen molar-refractivity contribution in [3.05, 3.63) is 29.3 Å².